The number of hydrogen-bond acceptors (Lipinski definition) is 3. The summed E-state index contributed by atoms with van der Waals surface area (Å²) >= 11 is 1.80. The Labute approximate surface area is 175 Å². The number of guanidine groups is 1. The fourth-order valence-corrected chi connectivity index (χ4v) is 3.84. The standard InChI is InChI=1S/C19H25FN4S.HI/c1-21-19(22-11-8-15-4-6-16(20)7-5-15)23-17-9-12-24(13-10-17)18-3-2-14-25-18;/h2-7,14,17H,8-13H2,1H3,(H2,21,22,23);1H. The van der Waals surface area contributed by atoms with Crippen LogP contribution in [0, 0.1) is 5.82 Å². The fraction of sp³-hybridized carbons (Fsp3) is 0.421. The molecule has 142 valence electrons. The molecule has 1 aliphatic heterocycles. The van der Waals surface area contributed by atoms with Crippen molar-refractivity contribution in [3.8, 4) is 0 Å². The summed E-state index contributed by atoms with van der Waals surface area (Å²) in [6.45, 7) is 2.93. The predicted molar refractivity (Wildman–Crippen MR) is 120 cm³/mol. The number of piperidine rings is 1. The lowest BCUT2D eigenvalue weighted by atomic mass is 10.1. The van der Waals surface area contributed by atoms with Crippen molar-refractivity contribution in [3.63, 3.8) is 0 Å². The van der Waals surface area contributed by atoms with E-state index in [0.29, 0.717) is 6.04 Å². The number of hydrogen-bond donors (Lipinski definition) is 2. The van der Waals surface area contributed by atoms with Crippen LogP contribution in [0.1, 0.15) is 18.4 Å². The molecule has 0 atom stereocenters. The summed E-state index contributed by atoms with van der Waals surface area (Å²) < 4.78 is 12.9. The lowest BCUT2D eigenvalue weighted by Gasteiger charge is -2.33. The molecule has 1 aliphatic rings. The van der Waals surface area contributed by atoms with E-state index in [9.17, 15) is 4.39 Å². The van der Waals surface area contributed by atoms with Gasteiger partial charge in [-0.05, 0) is 54.5 Å². The highest BCUT2D eigenvalue weighted by molar-refractivity contribution is 14.0. The van der Waals surface area contributed by atoms with E-state index >= 15 is 0 Å². The largest absolute Gasteiger partial charge is 0.363 e. The van der Waals surface area contributed by atoms with E-state index in [2.05, 4.69) is 38.0 Å². The third-order valence-electron chi connectivity index (χ3n) is 4.50. The molecule has 26 heavy (non-hydrogen) atoms. The molecule has 7 heteroatoms. The Hall–Kier alpha value is -1.35. The number of halogens is 2. The quantitative estimate of drug-likeness (QED) is 0.381. The van der Waals surface area contributed by atoms with Crippen molar-refractivity contribution in [1.29, 1.82) is 0 Å². The molecule has 0 saturated carbocycles. The molecule has 1 fully saturated rings. The predicted octanol–water partition coefficient (Wildman–Crippen LogP) is 3.88. The van der Waals surface area contributed by atoms with Crippen LogP contribution in [0.2, 0.25) is 0 Å². The summed E-state index contributed by atoms with van der Waals surface area (Å²) in [6.07, 6.45) is 3.06. The molecule has 2 N–H and O–H groups in total. The molecule has 0 radical (unpaired) electrons. The number of anilines is 1. The Balaban J connectivity index is 0.00000243. The van der Waals surface area contributed by atoms with Gasteiger partial charge in [-0.15, -0.1) is 35.3 Å². The Morgan fingerprint density at radius 1 is 1.23 bits per heavy atom. The van der Waals surface area contributed by atoms with Crippen LogP contribution >= 0.6 is 35.3 Å². The van der Waals surface area contributed by atoms with Gasteiger partial charge >= 0.3 is 0 Å². The van der Waals surface area contributed by atoms with E-state index in [4.69, 9.17) is 0 Å². The van der Waals surface area contributed by atoms with Gasteiger partial charge in [0.25, 0.3) is 0 Å². The highest BCUT2D eigenvalue weighted by atomic mass is 127. The average Bonchev–Trinajstić information content (AvgIpc) is 3.18. The minimum Gasteiger partial charge on any atom is -0.363 e. The maximum atomic E-state index is 12.9. The lowest BCUT2D eigenvalue weighted by molar-refractivity contribution is 0.463. The van der Waals surface area contributed by atoms with E-state index in [0.717, 1.165) is 50.4 Å². The van der Waals surface area contributed by atoms with Gasteiger partial charge in [0.1, 0.15) is 5.82 Å². The Bertz CT molecular complexity index is 667. The van der Waals surface area contributed by atoms with Crippen LogP contribution in [0.4, 0.5) is 9.39 Å². The van der Waals surface area contributed by atoms with E-state index in [1.807, 2.05) is 12.1 Å². The van der Waals surface area contributed by atoms with E-state index in [1.165, 1.54) is 17.1 Å². The van der Waals surface area contributed by atoms with Gasteiger partial charge in [-0.25, -0.2) is 4.39 Å². The second-order valence-corrected chi connectivity index (χ2v) is 7.16. The van der Waals surface area contributed by atoms with Crippen molar-refractivity contribution in [1.82, 2.24) is 10.6 Å². The SMILES string of the molecule is CN=C(NCCc1ccc(F)cc1)NC1CCN(c2cccs2)CC1.I. The van der Waals surface area contributed by atoms with Crippen LogP contribution in [0.25, 0.3) is 0 Å². The van der Waals surface area contributed by atoms with E-state index in [1.54, 1.807) is 18.4 Å². The van der Waals surface area contributed by atoms with Crippen LogP contribution < -0.4 is 15.5 Å². The summed E-state index contributed by atoms with van der Waals surface area (Å²) in [4.78, 5) is 6.77. The highest BCUT2D eigenvalue weighted by Crippen LogP contribution is 2.24. The number of nitrogens with one attached hydrogen (secondary N) is 2. The zero-order chi connectivity index (χ0) is 17.5. The fourth-order valence-electron chi connectivity index (χ4n) is 3.06. The second kappa shape index (κ2) is 10.7. The molecule has 1 saturated heterocycles. The number of nitrogens with zero attached hydrogens (tertiary/aromatic N) is 2. The van der Waals surface area contributed by atoms with Crippen molar-refractivity contribution < 1.29 is 4.39 Å². The molecule has 0 amide bonds. The molecule has 0 unspecified atom stereocenters. The molecule has 1 aromatic heterocycles. The van der Waals surface area contributed by atoms with Crippen LogP contribution in [0.15, 0.2) is 46.8 Å². The molecule has 0 spiro atoms. The second-order valence-electron chi connectivity index (χ2n) is 6.23. The molecule has 2 aromatic rings. The van der Waals surface area contributed by atoms with Gasteiger partial charge in [0, 0.05) is 32.7 Å². The highest BCUT2D eigenvalue weighted by Gasteiger charge is 2.20. The summed E-state index contributed by atoms with van der Waals surface area (Å²) in [5.74, 6) is 0.653. The van der Waals surface area contributed by atoms with E-state index < -0.39 is 0 Å². The first-order chi connectivity index (χ1) is 12.2. The average molecular weight is 488 g/mol. The molecular formula is C19H26FIN4S. The van der Waals surface area contributed by atoms with Crippen LogP contribution in [0.5, 0.6) is 0 Å². The molecule has 0 aliphatic carbocycles. The zero-order valence-electron chi connectivity index (χ0n) is 15.0. The van der Waals surface area contributed by atoms with Crippen molar-refractivity contribution >= 4 is 46.3 Å². The molecule has 2 heterocycles. The normalized spacial score (nSPS) is 15.5. The minimum atomic E-state index is -0.192. The Morgan fingerprint density at radius 2 is 1.96 bits per heavy atom. The van der Waals surface area contributed by atoms with Crippen molar-refractivity contribution in [2.45, 2.75) is 25.3 Å². The molecule has 0 bridgehead atoms. The Morgan fingerprint density at radius 3 is 2.58 bits per heavy atom. The van der Waals surface area contributed by atoms with Gasteiger partial charge in [-0.1, -0.05) is 12.1 Å². The first-order valence-corrected chi connectivity index (χ1v) is 9.62. The first kappa shape index (κ1) is 21.0. The van der Waals surface area contributed by atoms with Crippen molar-refractivity contribution in [2.75, 3.05) is 31.6 Å². The lowest BCUT2D eigenvalue weighted by Crippen LogP contribution is -2.49. The van der Waals surface area contributed by atoms with Gasteiger partial charge in [0.2, 0.25) is 0 Å². The summed E-state index contributed by atoms with van der Waals surface area (Å²) in [7, 11) is 1.80. The van der Waals surface area contributed by atoms with Crippen LogP contribution in [-0.2, 0) is 6.42 Å². The monoisotopic (exact) mass is 488 g/mol. The number of rotatable bonds is 5. The van der Waals surface area contributed by atoms with Crippen molar-refractivity contribution in [3.05, 3.63) is 53.2 Å². The third kappa shape index (κ3) is 6.12. The number of thiophene rings is 1. The van der Waals surface area contributed by atoms with Gasteiger partial charge < -0.3 is 15.5 Å². The van der Waals surface area contributed by atoms with Crippen molar-refractivity contribution in [2.24, 2.45) is 4.99 Å². The molecule has 4 nitrogen and oxygen atoms in total. The van der Waals surface area contributed by atoms with Crippen LogP contribution in [0.3, 0.4) is 0 Å². The topological polar surface area (TPSA) is 39.7 Å². The maximum absolute atomic E-state index is 12.9. The maximum Gasteiger partial charge on any atom is 0.191 e. The van der Waals surface area contributed by atoms with Crippen LogP contribution in [-0.4, -0.2) is 38.7 Å². The summed E-state index contributed by atoms with van der Waals surface area (Å²) in [5.41, 5.74) is 1.12. The van der Waals surface area contributed by atoms with Gasteiger partial charge in [0.05, 0.1) is 5.00 Å². The Kier molecular flexibility index (Phi) is 8.64. The summed E-state index contributed by atoms with van der Waals surface area (Å²) in [5, 5.41) is 10.4. The third-order valence-corrected chi connectivity index (χ3v) is 5.43. The zero-order valence-corrected chi connectivity index (χ0v) is 18.1. The molecular weight excluding hydrogens is 462 g/mol. The van der Waals surface area contributed by atoms with E-state index in [-0.39, 0.29) is 29.8 Å². The molecule has 1 aromatic carbocycles. The summed E-state index contributed by atoms with van der Waals surface area (Å²) in [6, 6.07) is 11.4. The van der Waals surface area contributed by atoms with Gasteiger partial charge in [-0.2, -0.15) is 0 Å². The number of benzene rings is 1. The van der Waals surface area contributed by atoms with Gasteiger partial charge in [0.15, 0.2) is 5.96 Å². The minimum absolute atomic E-state index is 0. The first-order valence-electron chi connectivity index (χ1n) is 8.74. The molecule has 3 rings (SSSR count). The van der Waals surface area contributed by atoms with Gasteiger partial charge in [-0.3, -0.25) is 4.99 Å². The smallest absolute Gasteiger partial charge is 0.191 e. The number of aliphatic imine (C=N–C) groups is 1.